The number of nitrogens with one attached hydrogen (secondary N) is 1. The number of pyridine rings is 1. The largest absolute Gasteiger partial charge is 0.491 e. The number of carbonyl (C=O) groups excluding carboxylic acids is 1. The van der Waals surface area contributed by atoms with Gasteiger partial charge in [0.25, 0.3) is 5.91 Å². The number of amides is 1. The number of aromatic amines is 1. The third kappa shape index (κ3) is 4.48. The third-order valence-electron chi connectivity index (χ3n) is 3.97. The Labute approximate surface area is 146 Å². The number of rotatable bonds is 4. The number of morpholine rings is 1. The van der Waals surface area contributed by atoms with Crippen LogP contribution in [0.1, 0.15) is 24.2 Å². The molecule has 1 aromatic carbocycles. The van der Waals surface area contributed by atoms with Crippen LogP contribution in [0.25, 0.3) is 0 Å². The molecule has 0 bridgehead atoms. The van der Waals surface area contributed by atoms with Gasteiger partial charge in [0.05, 0.1) is 12.1 Å². The van der Waals surface area contributed by atoms with Gasteiger partial charge < -0.3 is 19.4 Å². The highest BCUT2D eigenvalue weighted by atomic mass is 16.5. The molecule has 1 fully saturated rings. The first-order valence-corrected chi connectivity index (χ1v) is 8.27. The number of carbonyl (C=O) groups is 1. The molecule has 6 nitrogen and oxygen atoms in total. The first-order chi connectivity index (χ1) is 11.9. The van der Waals surface area contributed by atoms with Gasteiger partial charge in [0.1, 0.15) is 18.5 Å². The molecule has 0 unspecified atom stereocenters. The van der Waals surface area contributed by atoms with Gasteiger partial charge >= 0.3 is 0 Å². The van der Waals surface area contributed by atoms with E-state index in [1.807, 2.05) is 44.2 Å². The van der Waals surface area contributed by atoms with E-state index in [0.29, 0.717) is 25.3 Å². The summed E-state index contributed by atoms with van der Waals surface area (Å²) >= 11 is 0. The highest BCUT2D eigenvalue weighted by Gasteiger charge is 2.36. The van der Waals surface area contributed by atoms with Crippen LogP contribution in [0.4, 0.5) is 0 Å². The van der Waals surface area contributed by atoms with Gasteiger partial charge in [-0.25, -0.2) is 0 Å². The molecule has 3 rings (SSSR count). The number of hydrogen-bond donors (Lipinski definition) is 1. The number of aromatic nitrogens is 1. The van der Waals surface area contributed by atoms with Crippen molar-refractivity contribution in [2.75, 3.05) is 19.7 Å². The molecule has 0 aliphatic carbocycles. The van der Waals surface area contributed by atoms with Crippen LogP contribution in [0.3, 0.4) is 0 Å². The fraction of sp³-hybridized carbons (Fsp3) is 0.368. The quantitative estimate of drug-likeness (QED) is 0.923. The molecule has 2 heterocycles. The predicted molar refractivity (Wildman–Crippen MR) is 93.9 cm³/mol. The second kappa shape index (κ2) is 7.11. The Kier molecular flexibility index (Phi) is 4.90. The summed E-state index contributed by atoms with van der Waals surface area (Å²) in [4.78, 5) is 28.4. The second-order valence-corrected chi connectivity index (χ2v) is 6.75. The molecule has 132 valence electrons. The van der Waals surface area contributed by atoms with E-state index in [-0.39, 0.29) is 17.6 Å². The van der Waals surface area contributed by atoms with E-state index in [0.717, 1.165) is 5.75 Å². The summed E-state index contributed by atoms with van der Waals surface area (Å²) in [5.74, 6) is 0.592. The SMILES string of the molecule is CC1(C)CN(C(=O)c2cc[nH]c(=O)c2)C[C@@H](COc2ccccc2)O1. The van der Waals surface area contributed by atoms with Crippen LogP contribution in [0.2, 0.25) is 0 Å². The van der Waals surface area contributed by atoms with Gasteiger partial charge in [0.2, 0.25) is 5.56 Å². The maximum absolute atomic E-state index is 12.7. The van der Waals surface area contributed by atoms with Crippen LogP contribution >= 0.6 is 0 Å². The van der Waals surface area contributed by atoms with Crippen molar-refractivity contribution in [1.82, 2.24) is 9.88 Å². The van der Waals surface area contributed by atoms with Crippen LogP contribution in [-0.2, 0) is 4.74 Å². The molecule has 0 radical (unpaired) electrons. The minimum Gasteiger partial charge on any atom is -0.491 e. The number of ether oxygens (including phenoxy) is 2. The molecule has 1 atom stereocenters. The fourth-order valence-electron chi connectivity index (χ4n) is 3.00. The number of H-pyrrole nitrogens is 1. The molecule has 1 aromatic heterocycles. The smallest absolute Gasteiger partial charge is 0.254 e. The Morgan fingerprint density at radius 1 is 1.32 bits per heavy atom. The normalized spacial score (nSPS) is 19.4. The zero-order valence-electron chi connectivity index (χ0n) is 14.4. The van der Waals surface area contributed by atoms with Crippen molar-refractivity contribution in [2.45, 2.75) is 25.6 Å². The minimum absolute atomic E-state index is 0.174. The zero-order chi connectivity index (χ0) is 17.9. The Bertz CT molecular complexity index is 785. The summed E-state index contributed by atoms with van der Waals surface area (Å²) in [7, 11) is 0. The van der Waals surface area contributed by atoms with E-state index >= 15 is 0 Å². The maximum Gasteiger partial charge on any atom is 0.254 e. The van der Waals surface area contributed by atoms with Crippen molar-refractivity contribution in [3.63, 3.8) is 0 Å². The third-order valence-corrected chi connectivity index (χ3v) is 3.97. The summed E-state index contributed by atoms with van der Waals surface area (Å²) in [6.07, 6.45) is 1.24. The van der Waals surface area contributed by atoms with Crippen LogP contribution in [0.5, 0.6) is 5.75 Å². The van der Waals surface area contributed by atoms with Crippen molar-refractivity contribution in [2.24, 2.45) is 0 Å². The molecule has 0 spiro atoms. The average molecular weight is 342 g/mol. The summed E-state index contributed by atoms with van der Waals surface area (Å²) in [5, 5.41) is 0. The zero-order valence-corrected chi connectivity index (χ0v) is 14.4. The van der Waals surface area contributed by atoms with Gasteiger partial charge in [-0.15, -0.1) is 0 Å². The van der Waals surface area contributed by atoms with E-state index in [2.05, 4.69) is 4.98 Å². The second-order valence-electron chi connectivity index (χ2n) is 6.75. The lowest BCUT2D eigenvalue weighted by atomic mass is 10.0. The first-order valence-electron chi connectivity index (χ1n) is 8.27. The molecule has 6 heteroatoms. The van der Waals surface area contributed by atoms with E-state index < -0.39 is 5.60 Å². The molecule has 25 heavy (non-hydrogen) atoms. The average Bonchev–Trinajstić information content (AvgIpc) is 2.59. The Morgan fingerprint density at radius 3 is 2.80 bits per heavy atom. The van der Waals surface area contributed by atoms with Crippen molar-refractivity contribution in [1.29, 1.82) is 0 Å². The molecule has 1 aliphatic rings. The number of para-hydroxylation sites is 1. The van der Waals surface area contributed by atoms with Crippen LogP contribution in [0, 0.1) is 0 Å². The predicted octanol–water partition coefficient (Wildman–Crippen LogP) is 2.07. The molecule has 2 aromatic rings. The Balaban J connectivity index is 1.70. The van der Waals surface area contributed by atoms with Gasteiger partial charge in [-0.05, 0) is 32.0 Å². The fourth-order valence-corrected chi connectivity index (χ4v) is 3.00. The molecule has 1 saturated heterocycles. The Morgan fingerprint density at radius 2 is 2.08 bits per heavy atom. The Hall–Kier alpha value is -2.60. The topological polar surface area (TPSA) is 71.6 Å². The molecule has 1 N–H and O–H groups in total. The maximum atomic E-state index is 12.7. The van der Waals surface area contributed by atoms with Crippen molar-refractivity contribution in [3.8, 4) is 5.75 Å². The summed E-state index contributed by atoms with van der Waals surface area (Å²) in [6.45, 7) is 5.12. The van der Waals surface area contributed by atoms with Gasteiger partial charge in [-0.3, -0.25) is 9.59 Å². The first kappa shape index (κ1) is 17.2. The lowest BCUT2D eigenvalue weighted by Gasteiger charge is -2.42. The lowest BCUT2D eigenvalue weighted by molar-refractivity contribution is -0.136. The highest BCUT2D eigenvalue weighted by Crippen LogP contribution is 2.23. The number of hydrogen-bond acceptors (Lipinski definition) is 4. The molecular weight excluding hydrogens is 320 g/mol. The van der Waals surface area contributed by atoms with Crippen LogP contribution in [0.15, 0.2) is 53.5 Å². The van der Waals surface area contributed by atoms with Crippen molar-refractivity contribution < 1.29 is 14.3 Å². The van der Waals surface area contributed by atoms with E-state index in [1.165, 1.54) is 12.3 Å². The van der Waals surface area contributed by atoms with Crippen molar-refractivity contribution in [3.05, 3.63) is 64.6 Å². The van der Waals surface area contributed by atoms with Gasteiger partial charge in [-0.1, -0.05) is 18.2 Å². The molecule has 0 saturated carbocycles. The molecule has 1 aliphatic heterocycles. The van der Waals surface area contributed by atoms with Crippen LogP contribution < -0.4 is 10.3 Å². The van der Waals surface area contributed by atoms with Gasteiger partial charge in [-0.2, -0.15) is 0 Å². The standard InChI is InChI=1S/C19H22N2O4/c1-19(2)13-21(18(23)14-8-9-20-17(22)10-14)11-16(25-19)12-24-15-6-4-3-5-7-15/h3-10,16H,11-13H2,1-2H3,(H,20,22)/t16-/m0/s1. The molecule has 1 amide bonds. The van der Waals surface area contributed by atoms with Gasteiger partial charge in [0, 0.05) is 24.4 Å². The summed E-state index contributed by atoms with van der Waals surface area (Å²) in [5.41, 5.74) is -0.397. The van der Waals surface area contributed by atoms with Crippen molar-refractivity contribution >= 4 is 5.91 Å². The van der Waals surface area contributed by atoms with E-state index in [1.54, 1.807) is 11.0 Å². The monoisotopic (exact) mass is 342 g/mol. The number of nitrogens with zero attached hydrogens (tertiary/aromatic N) is 1. The van der Waals surface area contributed by atoms with E-state index in [4.69, 9.17) is 9.47 Å². The highest BCUT2D eigenvalue weighted by molar-refractivity contribution is 5.94. The van der Waals surface area contributed by atoms with Crippen LogP contribution in [-0.4, -0.2) is 47.2 Å². The number of benzene rings is 1. The molecular formula is C19H22N2O4. The van der Waals surface area contributed by atoms with E-state index in [9.17, 15) is 9.59 Å². The summed E-state index contributed by atoms with van der Waals surface area (Å²) in [6, 6.07) is 12.4. The van der Waals surface area contributed by atoms with Gasteiger partial charge in [0.15, 0.2) is 0 Å². The minimum atomic E-state index is -0.486. The lowest BCUT2D eigenvalue weighted by Crippen LogP contribution is -2.56. The summed E-state index contributed by atoms with van der Waals surface area (Å²) < 4.78 is 11.8.